The van der Waals surface area contributed by atoms with E-state index in [1.807, 2.05) is 19.9 Å². The minimum atomic E-state index is -3.41. The van der Waals surface area contributed by atoms with Gasteiger partial charge in [-0.2, -0.15) is 4.31 Å². The lowest BCUT2D eigenvalue weighted by atomic mass is 9.85. The van der Waals surface area contributed by atoms with Gasteiger partial charge in [0, 0.05) is 49.7 Å². The maximum Gasteiger partial charge on any atom is 0.317 e. The molecule has 0 bridgehead atoms. The van der Waals surface area contributed by atoms with Gasteiger partial charge in [0.25, 0.3) is 10.0 Å². The first-order valence-corrected chi connectivity index (χ1v) is 12.9. The minimum absolute atomic E-state index is 0.0274. The van der Waals surface area contributed by atoms with Crippen LogP contribution in [0.2, 0.25) is 0 Å². The monoisotopic (exact) mass is 442 g/mol. The zero-order valence-electron chi connectivity index (χ0n) is 17.8. The average Bonchev–Trinajstić information content (AvgIpc) is 3.33. The number of likely N-dealkylation sites (tertiary alicyclic amines) is 2. The molecule has 2 aliphatic heterocycles. The summed E-state index contributed by atoms with van der Waals surface area (Å²) in [6.45, 7) is 8.08. The Morgan fingerprint density at radius 1 is 1.17 bits per heavy atom. The summed E-state index contributed by atoms with van der Waals surface area (Å²) in [6.07, 6.45) is 4.93. The summed E-state index contributed by atoms with van der Waals surface area (Å²) in [4.78, 5) is 18.2. The van der Waals surface area contributed by atoms with Crippen molar-refractivity contribution in [3.05, 3.63) is 17.0 Å². The third-order valence-electron chi connectivity index (χ3n) is 6.34. The Labute approximate surface area is 179 Å². The molecular weight excluding hydrogens is 408 g/mol. The molecule has 1 aromatic heterocycles. The largest absolute Gasteiger partial charge is 0.338 e. The molecule has 2 aliphatic rings. The topological polar surface area (TPSA) is 73.0 Å². The number of sulfonamides is 1. The van der Waals surface area contributed by atoms with Crippen molar-refractivity contribution >= 4 is 27.4 Å². The quantitative estimate of drug-likeness (QED) is 0.704. The maximum atomic E-state index is 12.8. The van der Waals surface area contributed by atoms with E-state index in [-0.39, 0.29) is 11.6 Å². The lowest BCUT2D eigenvalue weighted by molar-refractivity contribution is 0.0831. The third kappa shape index (κ3) is 4.78. The molecule has 0 atom stereocenters. The van der Waals surface area contributed by atoms with Crippen molar-refractivity contribution in [2.24, 2.45) is 0 Å². The van der Waals surface area contributed by atoms with Gasteiger partial charge in [-0.15, -0.1) is 11.3 Å². The number of piperidine rings is 1. The smallest absolute Gasteiger partial charge is 0.317 e. The third-order valence-corrected chi connectivity index (χ3v) is 10.0. The molecular formula is C20H34N4O3S2. The van der Waals surface area contributed by atoms with Gasteiger partial charge in [-0.1, -0.05) is 13.8 Å². The molecule has 2 fully saturated rings. The van der Waals surface area contributed by atoms with Gasteiger partial charge in [0.2, 0.25) is 0 Å². The van der Waals surface area contributed by atoms with Crippen molar-refractivity contribution in [1.82, 2.24) is 19.4 Å². The second-order valence-electron chi connectivity index (χ2n) is 8.07. The van der Waals surface area contributed by atoms with E-state index < -0.39 is 10.0 Å². The molecule has 0 aromatic carbocycles. The SMILES string of the molecule is CCN(CC)S(=O)(=O)c1ccc(CCNC(=O)N2CCCC23CCN(C)CC3)s1. The van der Waals surface area contributed by atoms with E-state index in [0.717, 1.165) is 50.2 Å². The number of nitrogens with zero attached hydrogens (tertiary/aromatic N) is 3. The van der Waals surface area contributed by atoms with E-state index in [1.54, 1.807) is 6.07 Å². The van der Waals surface area contributed by atoms with Gasteiger partial charge in [0.15, 0.2) is 0 Å². The Balaban J connectivity index is 1.54. The highest BCUT2D eigenvalue weighted by Gasteiger charge is 2.44. The molecule has 1 N–H and O–H groups in total. The first kappa shape index (κ1) is 22.5. The van der Waals surface area contributed by atoms with Gasteiger partial charge in [-0.25, -0.2) is 13.2 Å². The van der Waals surface area contributed by atoms with Gasteiger partial charge in [-0.05, 0) is 51.3 Å². The van der Waals surface area contributed by atoms with Crippen LogP contribution < -0.4 is 5.32 Å². The Hall–Kier alpha value is -1.16. The average molecular weight is 443 g/mol. The van der Waals surface area contributed by atoms with Crippen LogP contribution in [-0.4, -0.2) is 80.4 Å². The second-order valence-corrected chi connectivity index (χ2v) is 11.4. The molecule has 0 aliphatic carbocycles. The van der Waals surface area contributed by atoms with Crippen molar-refractivity contribution in [3.63, 3.8) is 0 Å². The van der Waals surface area contributed by atoms with Crippen LogP contribution in [0.3, 0.4) is 0 Å². The van der Waals surface area contributed by atoms with Crippen LogP contribution in [0.4, 0.5) is 4.79 Å². The molecule has 3 rings (SSSR count). The molecule has 2 saturated heterocycles. The first-order valence-electron chi connectivity index (χ1n) is 10.7. The fourth-order valence-corrected chi connectivity index (χ4v) is 7.49. The van der Waals surface area contributed by atoms with E-state index in [4.69, 9.17) is 0 Å². The van der Waals surface area contributed by atoms with E-state index in [0.29, 0.717) is 30.3 Å². The summed E-state index contributed by atoms with van der Waals surface area (Å²) in [5.41, 5.74) is 0.0323. The van der Waals surface area contributed by atoms with Crippen LogP contribution in [0.5, 0.6) is 0 Å². The summed E-state index contributed by atoms with van der Waals surface area (Å²) in [5, 5.41) is 3.07. The van der Waals surface area contributed by atoms with Crippen LogP contribution in [-0.2, 0) is 16.4 Å². The first-order chi connectivity index (χ1) is 13.8. The van der Waals surface area contributed by atoms with Crippen LogP contribution in [0.1, 0.15) is 44.4 Å². The highest BCUT2D eigenvalue weighted by molar-refractivity contribution is 7.91. The number of carbonyl (C=O) groups excluding carboxylic acids is 1. The molecule has 0 saturated carbocycles. The molecule has 0 unspecified atom stereocenters. The second kappa shape index (κ2) is 9.32. The molecule has 9 heteroatoms. The van der Waals surface area contributed by atoms with E-state index in [2.05, 4.69) is 22.2 Å². The van der Waals surface area contributed by atoms with Crippen molar-refractivity contribution < 1.29 is 13.2 Å². The van der Waals surface area contributed by atoms with Crippen molar-refractivity contribution in [2.45, 2.75) is 55.7 Å². The lowest BCUT2D eigenvalue weighted by Gasteiger charge is -2.44. The Bertz CT molecular complexity index is 796. The number of hydrogen-bond donors (Lipinski definition) is 1. The van der Waals surface area contributed by atoms with Crippen LogP contribution in [0.25, 0.3) is 0 Å². The minimum Gasteiger partial charge on any atom is -0.338 e. The van der Waals surface area contributed by atoms with Crippen molar-refractivity contribution in [3.8, 4) is 0 Å². The predicted molar refractivity (Wildman–Crippen MR) is 117 cm³/mol. The Morgan fingerprint density at radius 2 is 1.86 bits per heavy atom. The number of rotatable bonds is 7. The van der Waals surface area contributed by atoms with Crippen molar-refractivity contribution in [1.29, 1.82) is 0 Å². The van der Waals surface area contributed by atoms with Gasteiger partial charge < -0.3 is 15.1 Å². The van der Waals surface area contributed by atoms with Gasteiger partial charge in [0.05, 0.1) is 0 Å². The molecule has 29 heavy (non-hydrogen) atoms. The van der Waals surface area contributed by atoms with Crippen LogP contribution in [0, 0.1) is 0 Å². The van der Waals surface area contributed by atoms with E-state index in [1.165, 1.54) is 15.6 Å². The molecule has 1 aromatic rings. The normalized spacial score (nSPS) is 19.9. The summed E-state index contributed by atoms with van der Waals surface area (Å²) < 4.78 is 27.1. The molecule has 0 radical (unpaired) electrons. The lowest BCUT2D eigenvalue weighted by Crippen LogP contribution is -2.56. The number of urea groups is 1. The van der Waals surface area contributed by atoms with Crippen LogP contribution in [0.15, 0.2) is 16.3 Å². The predicted octanol–water partition coefficient (Wildman–Crippen LogP) is 2.59. The van der Waals surface area contributed by atoms with Crippen LogP contribution >= 0.6 is 11.3 Å². The number of nitrogens with one attached hydrogen (secondary N) is 1. The van der Waals surface area contributed by atoms with Gasteiger partial charge in [0.1, 0.15) is 4.21 Å². The molecule has 2 amide bonds. The number of carbonyl (C=O) groups is 1. The number of thiophene rings is 1. The van der Waals surface area contributed by atoms with Gasteiger partial charge >= 0.3 is 6.03 Å². The summed E-state index contributed by atoms with van der Waals surface area (Å²) in [5.74, 6) is 0. The van der Waals surface area contributed by atoms with Gasteiger partial charge in [-0.3, -0.25) is 0 Å². The maximum absolute atomic E-state index is 12.8. The summed E-state index contributed by atoms with van der Waals surface area (Å²) >= 11 is 1.30. The molecule has 7 nitrogen and oxygen atoms in total. The van der Waals surface area contributed by atoms with Crippen molar-refractivity contribution in [2.75, 3.05) is 46.3 Å². The highest BCUT2D eigenvalue weighted by Crippen LogP contribution is 2.38. The molecule has 164 valence electrons. The zero-order chi connectivity index (χ0) is 21.1. The fraction of sp³-hybridized carbons (Fsp3) is 0.750. The Morgan fingerprint density at radius 3 is 2.52 bits per heavy atom. The number of amides is 2. The Kier molecular flexibility index (Phi) is 7.24. The standard InChI is InChI=1S/C20H34N4O3S2/c1-4-23(5-2)29(26,27)18-8-7-17(28-18)9-13-21-19(25)24-14-6-10-20(24)11-15-22(3)16-12-20/h7-8H,4-6,9-16H2,1-3H3,(H,21,25). The fourth-order valence-electron chi connectivity index (χ4n) is 4.52. The zero-order valence-corrected chi connectivity index (χ0v) is 19.4. The highest BCUT2D eigenvalue weighted by atomic mass is 32.2. The number of hydrogen-bond acceptors (Lipinski definition) is 5. The van der Waals surface area contributed by atoms with E-state index >= 15 is 0 Å². The molecule has 3 heterocycles. The summed E-state index contributed by atoms with van der Waals surface area (Å²) in [6, 6.07) is 3.57. The summed E-state index contributed by atoms with van der Waals surface area (Å²) in [7, 11) is -1.26. The van der Waals surface area contributed by atoms with E-state index in [9.17, 15) is 13.2 Å². The molecule has 1 spiro atoms.